The maximum Gasteiger partial charge on any atom is 0.421 e. The molecule has 1 saturated carbocycles. The molecule has 37 heavy (non-hydrogen) atoms. The number of nitrogens with zero attached hydrogens (tertiary/aromatic N) is 1. The molecule has 194 valence electrons. The predicted octanol–water partition coefficient (Wildman–Crippen LogP) is 6.56. The highest BCUT2D eigenvalue weighted by molar-refractivity contribution is 7.90. The first-order valence-electron chi connectivity index (χ1n) is 11.4. The molecule has 0 saturated heterocycles. The molecule has 0 aliphatic heterocycles. The van der Waals surface area contributed by atoms with E-state index in [4.69, 9.17) is 11.6 Å². The molecule has 1 fully saturated rings. The lowest BCUT2D eigenvalue weighted by Crippen LogP contribution is -2.39. The Bertz CT molecular complexity index is 1580. The Morgan fingerprint density at radius 2 is 1.84 bits per heavy atom. The van der Waals surface area contributed by atoms with Gasteiger partial charge < -0.3 is 5.11 Å². The Balaban J connectivity index is 1.62. The Kier molecular flexibility index (Phi) is 6.60. The highest BCUT2D eigenvalue weighted by Gasteiger charge is 2.51. The van der Waals surface area contributed by atoms with E-state index < -0.39 is 33.1 Å². The molecule has 2 aromatic heterocycles. The number of hydrogen-bond acceptors (Lipinski definition) is 5. The first-order chi connectivity index (χ1) is 17.4. The number of alkyl halides is 3. The standard InChI is InChI=1S/C26H22ClF3N2O3S2/c1-25(33,26(28,29)30)16-11-12-31-21(14-16)19-7-4-5-15-13-22(36-24(15)19)23(18-6-2-3-8-20(18)27)32-37(34,35)17-9-10-17/h2-8,11-14,17,23,32-33H,9-10H2,1H3/t23-,25+/m1/s1. The summed E-state index contributed by atoms with van der Waals surface area (Å²) in [5.41, 5.74) is -1.95. The van der Waals surface area contributed by atoms with Crippen LogP contribution in [-0.2, 0) is 15.6 Å². The lowest BCUT2D eigenvalue weighted by molar-refractivity contribution is -0.258. The van der Waals surface area contributed by atoms with Crippen LogP contribution in [0, 0.1) is 0 Å². The zero-order chi connectivity index (χ0) is 26.6. The molecule has 1 aliphatic rings. The summed E-state index contributed by atoms with van der Waals surface area (Å²) in [6.07, 6.45) is -2.43. The number of benzene rings is 2. The van der Waals surface area contributed by atoms with Crippen LogP contribution >= 0.6 is 22.9 Å². The largest absolute Gasteiger partial charge is 0.421 e. The Labute approximate surface area is 221 Å². The Morgan fingerprint density at radius 1 is 1.11 bits per heavy atom. The first-order valence-corrected chi connectivity index (χ1v) is 14.2. The average Bonchev–Trinajstić information content (AvgIpc) is 3.62. The molecule has 0 amide bonds. The molecule has 11 heteroatoms. The summed E-state index contributed by atoms with van der Waals surface area (Å²) in [5, 5.41) is 10.9. The van der Waals surface area contributed by atoms with Gasteiger partial charge in [-0.15, -0.1) is 11.3 Å². The van der Waals surface area contributed by atoms with E-state index in [1.807, 2.05) is 12.1 Å². The van der Waals surface area contributed by atoms with Gasteiger partial charge in [0.15, 0.2) is 5.60 Å². The third-order valence-corrected chi connectivity index (χ3v) is 9.97. The molecule has 2 N–H and O–H groups in total. The Hall–Kier alpha value is -2.50. The molecule has 0 bridgehead atoms. The molecule has 0 radical (unpaired) electrons. The summed E-state index contributed by atoms with van der Waals surface area (Å²) in [5.74, 6) is 0. The van der Waals surface area contributed by atoms with Crippen molar-refractivity contribution in [1.29, 1.82) is 0 Å². The lowest BCUT2D eigenvalue weighted by atomic mass is 9.94. The van der Waals surface area contributed by atoms with Gasteiger partial charge in [-0.1, -0.05) is 48.0 Å². The van der Waals surface area contributed by atoms with E-state index in [2.05, 4.69) is 9.71 Å². The van der Waals surface area contributed by atoms with Crippen LogP contribution in [0.1, 0.15) is 41.8 Å². The highest BCUT2D eigenvalue weighted by Crippen LogP contribution is 2.43. The summed E-state index contributed by atoms with van der Waals surface area (Å²) < 4.78 is 69.7. The fourth-order valence-corrected chi connectivity index (χ4v) is 7.20. The number of halogens is 4. The number of rotatable bonds is 7. The van der Waals surface area contributed by atoms with Crippen LogP contribution in [-0.4, -0.2) is 29.9 Å². The molecule has 5 rings (SSSR count). The van der Waals surface area contributed by atoms with Crippen molar-refractivity contribution in [1.82, 2.24) is 9.71 Å². The number of nitrogens with one attached hydrogen (secondary N) is 1. The van der Waals surface area contributed by atoms with Gasteiger partial charge in [0.1, 0.15) is 0 Å². The minimum absolute atomic E-state index is 0.258. The van der Waals surface area contributed by atoms with E-state index in [0.717, 1.165) is 16.2 Å². The van der Waals surface area contributed by atoms with Gasteiger partial charge in [-0.05, 0) is 60.5 Å². The SMILES string of the molecule is C[C@](O)(c1ccnc(-c2cccc3cc([C@H](NS(=O)(=O)C4CC4)c4ccccc4Cl)sc23)c1)C(F)(F)F. The number of thiophene rings is 1. The van der Waals surface area contributed by atoms with E-state index in [9.17, 15) is 26.7 Å². The fraction of sp³-hybridized carbons (Fsp3) is 0.269. The van der Waals surface area contributed by atoms with Crippen LogP contribution in [0.4, 0.5) is 13.2 Å². The van der Waals surface area contributed by atoms with Gasteiger partial charge in [0.05, 0.1) is 17.0 Å². The van der Waals surface area contributed by atoms with Gasteiger partial charge in [-0.2, -0.15) is 13.2 Å². The van der Waals surface area contributed by atoms with Crippen LogP contribution in [0.15, 0.2) is 66.9 Å². The lowest BCUT2D eigenvalue weighted by Gasteiger charge is -2.26. The van der Waals surface area contributed by atoms with Gasteiger partial charge >= 0.3 is 6.18 Å². The van der Waals surface area contributed by atoms with Crippen LogP contribution in [0.2, 0.25) is 5.02 Å². The number of aromatic nitrogens is 1. The molecule has 2 aromatic carbocycles. The van der Waals surface area contributed by atoms with Gasteiger partial charge in [-0.25, -0.2) is 13.1 Å². The smallest absolute Gasteiger partial charge is 0.376 e. The second-order valence-corrected chi connectivity index (χ2v) is 12.7. The minimum Gasteiger partial charge on any atom is -0.376 e. The van der Waals surface area contributed by atoms with Crippen LogP contribution in [0.25, 0.3) is 21.3 Å². The molecule has 5 nitrogen and oxygen atoms in total. The Morgan fingerprint density at radius 3 is 2.51 bits per heavy atom. The molecule has 0 spiro atoms. The minimum atomic E-state index is -4.87. The number of fused-ring (bicyclic) bond motifs is 1. The van der Waals surface area contributed by atoms with Crippen molar-refractivity contribution in [2.24, 2.45) is 0 Å². The molecule has 1 aliphatic carbocycles. The average molecular weight is 567 g/mol. The summed E-state index contributed by atoms with van der Waals surface area (Å²) in [6.45, 7) is 0.704. The van der Waals surface area contributed by atoms with Crippen LogP contribution in [0.5, 0.6) is 0 Å². The zero-order valence-electron chi connectivity index (χ0n) is 19.5. The molecular formula is C26H22ClF3N2O3S2. The van der Waals surface area contributed by atoms with Crippen molar-refractivity contribution >= 4 is 43.0 Å². The van der Waals surface area contributed by atoms with Gasteiger partial charge in [0.2, 0.25) is 10.0 Å². The molecular weight excluding hydrogens is 545 g/mol. The molecule has 4 aromatic rings. The van der Waals surface area contributed by atoms with Gasteiger partial charge in [-0.3, -0.25) is 4.98 Å². The molecule has 2 atom stereocenters. The number of hydrogen-bond donors (Lipinski definition) is 2. The molecule has 2 heterocycles. The highest BCUT2D eigenvalue weighted by atomic mass is 35.5. The number of pyridine rings is 1. The van der Waals surface area contributed by atoms with Crippen molar-refractivity contribution in [3.8, 4) is 11.3 Å². The summed E-state index contributed by atoms with van der Waals surface area (Å²) in [7, 11) is -3.58. The van der Waals surface area contributed by atoms with E-state index in [0.29, 0.717) is 40.8 Å². The van der Waals surface area contributed by atoms with Crippen molar-refractivity contribution < 1.29 is 26.7 Å². The maximum atomic E-state index is 13.5. The monoisotopic (exact) mass is 566 g/mol. The van der Waals surface area contributed by atoms with Crippen molar-refractivity contribution in [2.45, 2.75) is 42.8 Å². The van der Waals surface area contributed by atoms with E-state index in [1.54, 1.807) is 36.4 Å². The normalized spacial score (nSPS) is 17.0. The van der Waals surface area contributed by atoms with Gasteiger partial charge in [0.25, 0.3) is 0 Å². The number of aliphatic hydroxyl groups is 1. The summed E-state index contributed by atoms with van der Waals surface area (Å²) in [4.78, 5) is 4.95. The van der Waals surface area contributed by atoms with Gasteiger partial charge in [0, 0.05) is 26.4 Å². The fourth-order valence-electron chi connectivity index (χ4n) is 4.09. The quantitative estimate of drug-likeness (QED) is 0.266. The topological polar surface area (TPSA) is 79.3 Å². The maximum absolute atomic E-state index is 13.5. The van der Waals surface area contributed by atoms with Crippen molar-refractivity contribution in [3.05, 3.63) is 87.9 Å². The van der Waals surface area contributed by atoms with Crippen LogP contribution in [0.3, 0.4) is 0 Å². The van der Waals surface area contributed by atoms with Crippen molar-refractivity contribution in [2.75, 3.05) is 0 Å². The predicted molar refractivity (Wildman–Crippen MR) is 139 cm³/mol. The first kappa shape index (κ1) is 26.1. The third-order valence-electron chi connectivity index (χ3n) is 6.46. The van der Waals surface area contributed by atoms with Crippen LogP contribution < -0.4 is 4.72 Å². The zero-order valence-corrected chi connectivity index (χ0v) is 21.8. The number of sulfonamides is 1. The summed E-state index contributed by atoms with van der Waals surface area (Å²) in [6, 6.07) is 15.8. The molecule has 0 unspecified atom stereocenters. The van der Waals surface area contributed by atoms with E-state index in [-0.39, 0.29) is 11.3 Å². The van der Waals surface area contributed by atoms with E-state index in [1.165, 1.54) is 23.6 Å². The van der Waals surface area contributed by atoms with E-state index >= 15 is 0 Å². The van der Waals surface area contributed by atoms with Crippen molar-refractivity contribution in [3.63, 3.8) is 0 Å². The second kappa shape index (κ2) is 9.36. The second-order valence-electron chi connectivity index (χ2n) is 9.19. The summed E-state index contributed by atoms with van der Waals surface area (Å²) >= 11 is 7.77. The third kappa shape index (κ3) is 5.00.